The normalized spacial score (nSPS) is 14.2. The van der Waals surface area contributed by atoms with Crippen LogP contribution in [-0.2, 0) is 4.79 Å². The topological polar surface area (TPSA) is 58.6 Å². The zero-order valence-corrected chi connectivity index (χ0v) is 14.1. The number of carbonyl (C=O) groups is 2. The van der Waals surface area contributed by atoms with Gasteiger partial charge in [-0.15, -0.1) is 0 Å². The van der Waals surface area contributed by atoms with Crippen molar-refractivity contribution >= 4 is 29.1 Å². The van der Waals surface area contributed by atoms with Crippen molar-refractivity contribution in [3.8, 4) is 5.75 Å². The highest BCUT2D eigenvalue weighted by Gasteiger charge is 2.22. The highest BCUT2D eigenvalue weighted by atomic mass is 35.5. The van der Waals surface area contributed by atoms with Crippen molar-refractivity contribution < 1.29 is 14.3 Å². The van der Waals surface area contributed by atoms with Gasteiger partial charge in [0.15, 0.2) is 6.61 Å². The van der Waals surface area contributed by atoms with Crippen LogP contribution in [0, 0.1) is 0 Å². The predicted molar refractivity (Wildman–Crippen MR) is 92.5 cm³/mol. The van der Waals surface area contributed by atoms with Gasteiger partial charge in [0, 0.05) is 17.6 Å². The fourth-order valence-electron chi connectivity index (χ4n) is 2.58. The summed E-state index contributed by atoms with van der Waals surface area (Å²) in [7, 11) is 1.75. The number of nitrogens with one attached hydrogen (secondary N) is 1. The van der Waals surface area contributed by atoms with Gasteiger partial charge in [0.1, 0.15) is 5.75 Å². The Morgan fingerprint density at radius 3 is 2.83 bits per heavy atom. The number of anilines is 1. The Kier molecular flexibility index (Phi) is 4.44. The molecule has 0 bridgehead atoms. The van der Waals surface area contributed by atoms with E-state index >= 15 is 0 Å². The molecule has 1 unspecified atom stereocenters. The smallest absolute Gasteiger partial charge is 0.262 e. The van der Waals surface area contributed by atoms with Crippen molar-refractivity contribution in [1.29, 1.82) is 0 Å². The van der Waals surface area contributed by atoms with Gasteiger partial charge in [0.05, 0.1) is 11.7 Å². The van der Waals surface area contributed by atoms with Gasteiger partial charge in [-0.2, -0.15) is 0 Å². The first kappa shape index (κ1) is 16.3. The molecule has 0 radical (unpaired) electrons. The molecule has 24 heavy (non-hydrogen) atoms. The Hall–Kier alpha value is -2.53. The third-order valence-electron chi connectivity index (χ3n) is 4.09. The van der Waals surface area contributed by atoms with Gasteiger partial charge < -0.3 is 15.0 Å². The maximum absolute atomic E-state index is 12.7. The molecule has 2 aromatic rings. The average molecular weight is 345 g/mol. The first-order chi connectivity index (χ1) is 11.5. The van der Waals surface area contributed by atoms with Gasteiger partial charge in [-0.1, -0.05) is 23.7 Å². The van der Waals surface area contributed by atoms with E-state index in [0.29, 0.717) is 22.0 Å². The summed E-state index contributed by atoms with van der Waals surface area (Å²) in [5.41, 5.74) is 2.04. The summed E-state index contributed by atoms with van der Waals surface area (Å²) in [5.74, 6) is 0.170. The number of halogens is 1. The van der Waals surface area contributed by atoms with Crippen LogP contribution in [-0.4, -0.2) is 30.4 Å². The monoisotopic (exact) mass is 344 g/mol. The summed E-state index contributed by atoms with van der Waals surface area (Å²) >= 11 is 6.03. The van der Waals surface area contributed by atoms with Crippen LogP contribution in [0.2, 0.25) is 5.02 Å². The lowest BCUT2D eigenvalue weighted by atomic mass is 10.1. The summed E-state index contributed by atoms with van der Waals surface area (Å²) in [6.45, 7) is 1.90. The lowest BCUT2D eigenvalue weighted by Gasteiger charge is -2.26. The molecule has 2 aromatic carbocycles. The molecule has 6 heteroatoms. The zero-order valence-electron chi connectivity index (χ0n) is 13.4. The number of carbonyl (C=O) groups excluding carboxylic acids is 2. The number of benzene rings is 2. The zero-order chi connectivity index (χ0) is 17.3. The Bertz CT molecular complexity index is 807. The van der Waals surface area contributed by atoms with E-state index in [4.69, 9.17) is 16.3 Å². The number of hydrogen-bond acceptors (Lipinski definition) is 3. The second kappa shape index (κ2) is 6.53. The first-order valence-corrected chi connectivity index (χ1v) is 7.93. The van der Waals surface area contributed by atoms with Gasteiger partial charge in [-0.05, 0) is 42.8 Å². The molecule has 2 amide bonds. The van der Waals surface area contributed by atoms with Gasteiger partial charge in [0.25, 0.3) is 11.8 Å². The van der Waals surface area contributed by atoms with Crippen molar-refractivity contribution in [2.75, 3.05) is 19.0 Å². The van der Waals surface area contributed by atoms with E-state index in [1.54, 1.807) is 36.2 Å². The van der Waals surface area contributed by atoms with Crippen molar-refractivity contribution in [2.45, 2.75) is 13.0 Å². The fraction of sp³-hybridized carbons (Fsp3) is 0.222. The third-order valence-corrected chi connectivity index (χ3v) is 4.33. The summed E-state index contributed by atoms with van der Waals surface area (Å²) < 4.78 is 5.37. The molecule has 0 aromatic heterocycles. The van der Waals surface area contributed by atoms with Gasteiger partial charge in [-0.3, -0.25) is 9.59 Å². The van der Waals surface area contributed by atoms with Crippen LogP contribution in [0.15, 0.2) is 42.5 Å². The molecular weight excluding hydrogens is 328 g/mol. The minimum Gasteiger partial charge on any atom is -0.482 e. The molecule has 3 rings (SSSR count). The van der Waals surface area contributed by atoms with E-state index < -0.39 is 0 Å². The van der Waals surface area contributed by atoms with E-state index in [9.17, 15) is 9.59 Å². The quantitative estimate of drug-likeness (QED) is 0.927. The van der Waals surface area contributed by atoms with Gasteiger partial charge in [-0.25, -0.2) is 0 Å². The Morgan fingerprint density at radius 2 is 2.08 bits per heavy atom. The van der Waals surface area contributed by atoms with E-state index in [0.717, 1.165) is 5.56 Å². The average Bonchev–Trinajstić information content (AvgIpc) is 2.59. The van der Waals surface area contributed by atoms with Gasteiger partial charge in [0.2, 0.25) is 0 Å². The van der Waals surface area contributed by atoms with Crippen LogP contribution in [0.1, 0.15) is 28.9 Å². The number of ether oxygens (including phenoxy) is 1. The lowest BCUT2D eigenvalue weighted by Crippen LogP contribution is -2.30. The van der Waals surface area contributed by atoms with Crippen LogP contribution < -0.4 is 10.1 Å². The second-order valence-corrected chi connectivity index (χ2v) is 6.13. The van der Waals surface area contributed by atoms with Crippen molar-refractivity contribution in [3.05, 3.63) is 58.6 Å². The maximum atomic E-state index is 12.7. The third kappa shape index (κ3) is 3.21. The SMILES string of the molecule is CC(c1cccc(Cl)c1)N(C)C(=O)c1ccc2c(c1)OCC(=O)N2. The molecule has 1 atom stereocenters. The molecule has 1 heterocycles. The Morgan fingerprint density at radius 1 is 1.29 bits per heavy atom. The number of amides is 2. The van der Waals surface area contributed by atoms with E-state index in [2.05, 4.69) is 5.32 Å². The maximum Gasteiger partial charge on any atom is 0.262 e. The molecule has 0 aliphatic carbocycles. The van der Waals surface area contributed by atoms with Gasteiger partial charge >= 0.3 is 0 Å². The van der Waals surface area contributed by atoms with Crippen LogP contribution >= 0.6 is 11.6 Å². The summed E-state index contributed by atoms with van der Waals surface area (Å²) in [4.78, 5) is 25.7. The lowest BCUT2D eigenvalue weighted by molar-refractivity contribution is -0.118. The molecule has 0 saturated carbocycles. The van der Waals surface area contributed by atoms with Crippen molar-refractivity contribution in [3.63, 3.8) is 0 Å². The number of fused-ring (bicyclic) bond motifs is 1. The summed E-state index contributed by atoms with van der Waals surface area (Å²) in [6, 6.07) is 12.3. The van der Waals surface area contributed by atoms with E-state index in [1.165, 1.54) is 0 Å². The highest BCUT2D eigenvalue weighted by Crippen LogP contribution is 2.30. The largest absolute Gasteiger partial charge is 0.482 e. The van der Waals surface area contributed by atoms with E-state index in [1.807, 2.05) is 25.1 Å². The highest BCUT2D eigenvalue weighted by molar-refractivity contribution is 6.30. The minimum atomic E-state index is -0.201. The Balaban J connectivity index is 1.82. The van der Waals surface area contributed by atoms with Crippen LogP contribution in [0.25, 0.3) is 0 Å². The molecule has 124 valence electrons. The fourth-order valence-corrected chi connectivity index (χ4v) is 2.78. The van der Waals surface area contributed by atoms with Crippen LogP contribution in [0.5, 0.6) is 5.75 Å². The standard InChI is InChI=1S/C18H17ClN2O3/c1-11(12-4-3-5-14(19)8-12)21(2)18(23)13-6-7-15-16(9-13)24-10-17(22)20-15/h3-9,11H,10H2,1-2H3,(H,20,22). The number of hydrogen-bond donors (Lipinski definition) is 1. The molecule has 0 fully saturated rings. The molecule has 0 saturated heterocycles. The molecule has 0 spiro atoms. The van der Waals surface area contributed by atoms with E-state index in [-0.39, 0.29) is 24.5 Å². The number of rotatable bonds is 3. The minimum absolute atomic E-state index is 0.0423. The molecule has 1 aliphatic rings. The second-order valence-electron chi connectivity index (χ2n) is 5.69. The van der Waals surface area contributed by atoms with Crippen LogP contribution in [0.3, 0.4) is 0 Å². The summed E-state index contributed by atoms with van der Waals surface area (Å²) in [5, 5.41) is 3.34. The van der Waals surface area contributed by atoms with Crippen molar-refractivity contribution in [2.24, 2.45) is 0 Å². The predicted octanol–water partition coefficient (Wildman–Crippen LogP) is 3.50. The molecule has 1 N–H and O–H groups in total. The molecule has 1 aliphatic heterocycles. The number of nitrogens with zero attached hydrogens (tertiary/aromatic N) is 1. The van der Waals surface area contributed by atoms with Crippen molar-refractivity contribution in [1.82, 2.24) is 4.90 Å². The first-order valence-electron chi connectivity index (χ1n) is 7.55. The summed E-state index contributed by atoms with van der Waals surface area (Å²) in [6.07, 6.45) is 0. The van der Waals surface area contributed by atoms with Crippen LogP contribution in [0.4, 0.5) is 5.69 Å². The molecule has 5 nitrogen and oxygen atoms in total. The Labute approximate surface area is 145 Å². The molecular formula is C18H17ClN2O3.